The molecule has 0 saturated carbocycles. The van der Waals surface area contributed by atoms with Crippen LogP contribution in [0.2, 0.25) is 0 Å². The quantitative estimate of drug-likeness (QED) is 0.202. The molecule has 0 atom stereocenters. The number of rotatable bonds is 5. The van der Waals surface area contributed by atoms with Gasteiger partial charge < -0.3 is 10.2 Å². The van der Waals surface area contributed by atoms with Gasteiger partial charge in [0.25, 0.3) is 0 Å². The molecule has 0 bridgehead atoms. The topological polar surface area (TPSA) is 70.8 Å². The summed E-state index contributed by atoms with van der Waals surface area (Å²) in [5, 5.41) is 25.9. The summed E-state index contributed by atoms with van der Waals surface area (Å²) in [6.45, 7) is 12.6. The van der Waals surface area contributed by atoms with E-state index in [1.807, 2.05) is 78.9 Å². The van der Waals surface area contributed by atoms with Gasteiger partial charge in [0.2, 0.25) is 0 Å². The average Bonchev–Trinajstić information content (AvgIpc) is 2.87. The first-order chi connectivity index (χ1) is 17.9. The molecule has 4 aromatic carbocycles. The van der Waals surface area contributed by atoms with Gasteiger partial charge in [-0.2, -0.15) is 0 Å². The molecule has 5 heteroatoms. The zero-order valence-corrected chi connectivity index (χ0v) is 25.5. The third kappa shape index (κ3) is 7.34. The molecule has 0 aliphatic rings. The van der Waals surface area contributed by atoms with Crippen molar-refractivity contribution < 1.29 is 31.3 Å². The maximum Gasteiger partial charge on any atom is 2.00 e. The van der Waals surface area contributed by atoms with E-state index in [0.29, 0.717) is 22.5 Å². The molecule has 0 saturated heterocycles. The predicted octanol–water partition coefficient (Wildman–Crippen LogP) is 7.59. The maximum atomic E-state index is 13.3. The number of hydrogen-bond acceptors (Lipinski definition) is 4. The second-order valence-corrected chi connectivity index (χ2v) is 11.6. The summed E-state index contributed by atoms with van der Waals surface area (Å²) in [6, 6.07) is 26.6. The molecule has 0 N–H and O–H groups in total. The van der Waals surface area contributed by atoms with Gasteiger partial charge in [0.05, 0.1) is 11.4 Å². The summed E-state index contributed by atoms with van der Waals surface area (Å²) in [7, 11) is 0. The van der Waals surface area contributed by atoms with E-state index in [9.17, 15) is 10.2 Å². The number of nitrogens with zero attached hydrogens (tertiary/aromatic N) is 2. The summed E-state index contributed by atoms with van der Waals surface area (Å²) >= 11 is 0. The second-order valence-electron chi connectivity index (χ2n) is 11.6. The summed E-state index contributed by atoms with van der Waals surface area (Å²) in [5.41, 5.74) is 5.75. The van der Waals surface area contributed by atoms with Crippen molar-refractivity contribution in [2.45, 2.75) is 52.4 Å². The van der Waals surface area contributed by atoms with Crippen LogP contribution in [0.15, 0.2) is 94.9 Å². The molecule has 0 fully saturated rings. The Hall–Kier alpha value is -3.49. The van der Waals surface area contributed by atoms with Crippen molar-refractivity contribution in [3.8, 4) is 22.6 Å². The zero-order valence-electron chi connectivity index (χ0n) is 23.3. The van der Waals surface area contributed by atoms with Crippen molar-refractivity contribution in [2.24, 2.45) is 9.98 Å². The molecule has 0 amide bonds. The molecule has 4 aromatic rings. The second kappa shape index (κ2) is 12.1. The first kappa shape index (κ1) is 30.1. The van der Waals surface area contributed by atoms with Crippen molar-refractivity contribution in [2.75, 3.05) is 0 Å². The minimum Gasteiger partial charge on any atom is -0.872 e. The molecule has 0 aliphatic carbocycles. The Morgan fingerprint density at radius 2 is 1.15 bits per heavy atom. The Bertz CT molecular complexity index is 1490. The van der Waals surface area contributed by atoms with Crippen molar-refractivity contribution in [3.63, 3.8) is 0 Å². The minimum absolute atomic E-state index is 0. The van der Waals surface area contributed by atoms with Gasteiger partial charge in [-0.3, -0.25) is 9.98 Å². The van der Waals surface area contributed by atoms with E-state index in [0.717, 1.165) is 22.3 Å². The van der Waals surface area contributed by atoms with Crippen molar-refractivity contribution in [1.29, 1.82) is 0 Å². The molecule has 0 unspecified atom stereocenters. The van der Waals surface area contributed by atoms with Gasteiger partial charge in [0.15, 0.2) is 0 Å². The fraction of sp³-hybridized carbons (Fsp3) is 0.235. The molecule has 202 valence electrons. The van der Waals surface area contributed by atoms with Gasteiger partial charge in [-0.25, -0.2) is 0 Å². The Labute approximate surface area is 246 Å². The van der Waals surface area contributed by atoms with Crippen LogP contribution in [0.1, 0.15) is 63.8 Å². The van der Waals surface area contributed by atoms with E-state index in [1.165, 1.54) is 0 Å². The standard InChI is InChI=1S/C34H36N2O2.Pt/c1-33(2,3)27-19-26(32(38)28(20-27)34(4,5)6)22-36-30-15-11-10-14-29(30)35-21-25-18-24(16-17-31(25)37)23-12-8-7-9-13-23;/h7-22,37-38H,1-6H3;/q;+2/p-2. The summed E-state index contributed by atoms with van der Waals surface area (Å²) < 4.78 is 0. The van der Waals surface area contributed by atoms with Crippen LogP contribution in [-0.4, -0.2) is 12.4 Å². The molecule has 0 heterocycles. The van der Waals surface area contributed by atoms with Crippen LogP contribution in [0.5, 0.6) is 11.5 Å². The van der Waals surface area contributed by atoms with Crippen LogP contribution in [0.25, 0.3) is 11.1 Å². The number of benzene rings is 4. The predicted molar refractivity (Wildman–Crippen MR) is 156 cm³/mol. The molecule has 0 spiro atoms. The van der Waals surface area contributed by atoms with Crippen LogP contribution in [0.3, 0.4) is 0 Å². The third-order valence-electron chi connectivity index (χ3n) is 6.48. The molecule has 0 aliphatic heterocycles. The summed E-state index contributed by atoms with van der Waals surface area (Å²) in [5.74, 6) is -0.108. The normalized spacial score (nSPS) is 12.2. The number of aliphatic imine (C=N–C) groups is 2. The Morgan fingerprint density at radius 1 is 0.590 bits per heavy atom. The van der Waals surface area contributed by atoms with Crippen molar-refractivity contribution >= 4 is 23.8 Å². The van der Waals surface area contributed by atoms with E-state index in [4.69, 9.17) is 0 Å². The molecular weight excluding hydrogens is 663 g/mol. The number of para-hydroxylation sites is 2. The van der Waals surface area contributed by atoms with E-state index in [2.05, 4.69) is 51.5 Å². The van der Waals surface area contributed by atoms with Gasteiger partial charge in [-0.05, 0) is 62.4 Å². The fourth-order valence-electron chi connectivity index (χ4n) is 4.16. The Balaban J connectivity index is 0.00000420. The van der Waals surface area contributed by atoms with E-state index in [-0.39, 0.29) is 43.4 Å². The van der Waals surface area contributed by atoms with Crippen LogP contribution in [0.4, 0.5) is 11.4 Å². The van der Waals surface area contributed by atoms with Gasteiger partial charge in [-0.1, -0.05) is 114 Å². The van der Waals surface area contributed by atoms with Crippen molar-refractivity contribution in [3.05, 3.63) is 107 Å². The molecule has 4 rings (SSSR count). The van der Waals surface area contributed by atoms with Gasteiger partial charge in [-0.15, -0.1) is 5.75 Å². The smallest absolute Gasteiger partial charge is 0.872 e. The van der Waals surface area contributed by atoms with Crippen LogP contribution in [-0.2, 0) is 31.9 Å². The van der Waals surface area contributed by atoms with Gasteiger partial charge in [0, 0.05) is 12.4 Å². The molecular formula is C34H34N2O2Pt. The maximum absolute atomic E-state index is 13.3. The minimum atomic E-state index is -0.284. The van der Waals surface area contributed by atoms with Crippen LogP contribution >= 0.6 is 0 Å². The summed E-state index contributed by atoms with van der Waals surface area (Å²) in [4.78, 5) is 9.27. The van der Waals surface area contributed by atoms with E-state index >= 15 is 0 Å². The molecule has 4 nitrogen and oxygen atoms in total. The zero-order chi connectivity index (χ0) is 27.5. The van der Waals surface area contributed by atoms with Gasteiger partial charge in [0.1, 0.15) is 0 Å². The van der Waals surface area contributed by atoms with E-state index in [1.54, 1.807) is 18.5 Å². The monoisotopic (exact) mass is 697 g/mol. The molecule has 0 radical (unpaired) electrons. The largest absolute Gasteiger partial charge is 2.00 e. The SMILES string of the molecule is CC(C)(C)c1cc(C=Nc2ccccc2N=Cc2cc(-c3ccccc3)ccc2[O-])c([O-])c(C(C)(C)C)c1.[Pt+2]. The third-order valence-corrected chi connectivity index (χ3v) is 6.48. The molecule has 0 aromatic heterocycles. The Morgan fingerprint density at radius 3 is 1.72 bits per heavy atom. The average molecular weight is 698 g/mol. The first-order valence-corrected chi connectivity index (χ1v) is 12.8. The van der Waals surface area contributed by atoms with Crippen molar-refractivity contribution in [1.82, 2.24) is 0 Å². The number of hydrogen-bond donors (Lipinski definition) is 0. The summed E-state index contributed by atoms with van der Waals surface area (Å²) in [6.07, 6.45) is 3.22. The fourth-order valence-corrected chi connectivity index (χ4v) is 4.16. The van der Waals surface area contributed by atoms with Crippen LogP contribution < -0.4 is 10.2 Å². The first-order valence-electron chi connectivity index (χ1n) is 12.8. The van der Waals surface area contributed by atoms with E-state index < -0.39 is 0 Å². The Kier molecular flexibility index (Phi) is 9.35. The van der Waals surface area contributed by atoms with Crippen LogP contribution in [0, 0.1) is 0 Å². The van der Waals surface area contributed by atoms with Gasteiger partial charge >= 0.3 is 21.1 Å². The molecule has 39 heavy (non-hydrogen) atoms.